The van der Waals surface area contributed by atoms with Crippen LogP contribution in [0.25, 0.3) is 11.0 Å². The molecule has 10 heteroatoms. The average Bonchev–Trinajstić information content (AvgIpc) is 2.65. The average molecular weight is 329 g/mol. The molecule has 0 aliphatic rings. The van der Waals surface area contributed by atoms with Crippen LogP contribution >= 0.6 is 12.1 Å². The summed E-state index contributed by atoms with van der Waals surface area (Å²) in [4.78, 5) is 3.30. The van der Waals surface area contributed by atoms with Crippen molar-refractivity contribution in [1.82, 2.24) is 13.3 Å². The Bertz CT molecular complexity index is 658. The summed E-state index contributed by atoms with van der Waals surface area (Å²) >= 11 is 0.688. The molecule has 3 nitrogen and oxygen atoms in total. The van der Waals surface area contributed by atoms with Crippen LogP contribution in [0.5, 0.6) is 0 Å². The summed E-state index contributed by atoms with van der Waals surface area (Å²) in [5.41, 5.74) is -1.43. The zero-order chi connectivity index (χ0) is 16.0. The molecule has 0 fully saturated rings. The zero-order valence-electron chi connectivity index (χ0n) is 10.7. The highest BCUT2D eigenvalue weighted by molar-refractivity contribution is 7.95. The highest BCUT2D eigenvalue weighted by Gasteiger charge is 2.39. The Balaban J connectivity index is 2.67. The van der Waals surface area contributed by atoms with Crippen LogP contribution in [0, 0.1) is 0 Å². The Hall–Kier alpha value is -1.42. The maximum atomic E-state index is 12.9. The zero-order valence-corrected chi connectivity index (χ0v) is 11.6. The van der Waals surface area contributed by atoms with Crippen molar-refractivity contribution in [3.63, 3.8) is 0 Å². The van der Waals surface area contributed by atoms with Gasteiger partial charge in [-0.25, -0.2) is 13.3 Å². The lowest BCUT2D eigenvalue weighted by Crippen LogP contribution is -2.15. The van der Waals surface area contributed by atoms with E-state index in [9.17, 15) is 26.3 Å². The fourth-order valence-corrected chi connectivity index (χ4v) is 2.45. The van der Waals surface area contributed by atoms with Crippen LogP contribution in [0.3, 0.4) is 0 Å². The first kappa shape index (κ1) is 16.0. The van der Waals surface area contributed by atoms with Crippen LogP contribution in [0.15, 0.2) is 18.2 Å². The summed E-state index contributed by atoms with van der Waals surface area (Å²) in [6, 6.07) is 2.32. The lowest BCUT2D eigenvalue weighted by atomic mass is 10.2. The van der Waals surface area contributed by atoms with E-state index >= 15 is 0 Å². The van der Waals surface area contributed by atoms with Crippen LogP contribution in [0.2, 0.25) is 0 Å². The molecule has 0 spiro atoms. The Kier molecular flexibility index (Phi) is 3.87. The number of alkyl halides is 6. The quantitative estimate of drug-likeness (QED) is 0.613. The molecule has 0 radical (unpaired) electrons. The second-order valence-electron chi connectivity index (χ2n) is 4.32. The van der Waals surface area contributed by atoms with Gasteiger partial charge in [0, 0.05) is 12.1 Å². The number of aromatic nitrogens is 2. The molecule has 0 aliphatic heterocycles. The third-order valence-corrected chi connectivity index (χ3v) is 3.30. The molecular formula is C11H9F6N3S. The van der Waals surface area contributed by atoms with Crippen molar-refractivity contribution in [3.05, 3.63) is 29.6 Å². The second kappa shape index (κ2) is 5.09. The van der Waals surface area contributed by atoms with E-state index in [4.69, 9.17) is 0 Å². The summed E-state index contributed by atoms with van der Waals surface area (Å²) in [7, 11) is 3.03. The van der Waals surface area contributed by atoms with E-state index in [1.165, 1.54) is 18.4 Å². The third-order valence-electron chi connectivity index (χ3n) is 2.44. The number of fused-ring (bicyclic) bond motifs is 1. The molecule has 2 aromatic rings. The van der Waals surface area contributed by atoms with Gasteiger partial charge in [-0.15, -0.1) is 0 Å². The van der Waals surface area contributed by atoms with E-state index in [1.54, 1.807) is 0 Å². The molecule has 0 amide bonds. The maximum Gasteiger partial charge on any atom is 0.450 e. The molecule has 0 atom stereocenters. The number of imidazole rings is 1. The minimum absolute atomic E-state index is 0.0333. The SMILES string of the molecule is CN(C)Sn1c(C(F)(F)F)nc2cc(C(F)(F)F)ccc21. The van der Waals surface area contributed by atoms with Crippen LogP contribution in [0.1, 0.15) is 11.4 Å². The van der Waals surface area contributed by atoms with Crippen molar-refractivity contribution >= 4 is 23.2 Å². The van der Waals surface area contributed by atoms with Crippen molar-refractivity contribution in [2.45, 2.75) is 12.4 Å². The molecule has 1 aromatic heterocycles. The monoisotopic (exact) mass is 329 g/mol. The van der Waals surface area contributed by atoms with Crippen molar-refractivity contribution in [1.29, 1.82) is 0 Å². The highest BCUT2D eigenvalue weighted by Crippen LogP contribution is 2.37. The summed E-state index contributed by atoms with van der Waals surface area (Å²) in [5, 5.41) is 0. The van der Waals surface area contributed by atoms with E-state index in [0.29, 0.717) is 18.2 Å². The first-order valence-electron chi connectivity index (χ1n) is 5.53. The van der Waals surface area contributed by atoms with Gasteiger partial charge in [0.15, 0.2) is 0 Å². The van der Waals surface area contributed by atoms with Crippen molar-refractivity contribution in [3.8, 4) is 0 Å². The number of hydrogen-bond acceptors (Lipinski definition) is 3. The van der Waals surface area contributed by atoms with Crippen LogP contribution in [0.4, 0.5) is 26.3 Å². The predicted octanol–water partition coefficient (Wildman–Crippen LogP) is 4.05. The number of benzene rings is 1. The van der Waals surface area contributed by atoms with Gasteiger partial charge in [-0.1, -0.05) is 0 Å². The van der Waals surface area contributed by atoms with Gasteiger partial charge in [0.05, 0.1) is 16.6 Å². The minimum Gasteiger partial charge on any atom is -0.248 e. The predicted molar refractivity (Wildman–Crippen MR) is 66.4 cm³/mol. The van der Waals surface area contributed by atoms with E-state index in [1.807, 2.05) is 0 Å². The van der Waals surface area contributed by atoms with Gasteiger partial charge in [-0.05, 0) is 32.3 Å². The van der Waals surface area contributed by atoms with Crippen LogP contribution in [-0.4, -0.2) is 27.4 Å². The lowest BCUT2D eigenvalue weighted by Gasteiger charge is -2.14. The smallest absolute Gasteiger partial charge is 0.248 e. The minimum atomic E-state index is -4.76. The van der Waals surface area contributed by atoms with Gasteiger partial charge in [-0.3, -0.25) is 0 Å². The Labute approximate surface area is 119 Å². The van der Waals surface area contributed by atoms with Crippen molar-refractivity contribution in [2.75, 3.05) is 14.1 Å². The molecule has 0 saturated carbocycles. The van der Waals surface area contributed by atoms with Gasteiger partial charge in [0.25, 0.3) is 0 Å². The molecule has 1 aromatic carbocycles. The lowest BCUT2D eigenvalue weighted by molar-refractivity contribution is -0.144. The summed E-state index contributed by atoms with van der Waals surface area (Å²) in [6.45, 7) is 0. The first-order chi connectivity index (χ1) is 9.50. The fourth-order valence-electron chi connectivity index (χ4n) is 1.66. The first-order valence-corrected chi connectivity index (χ1v) is 6.26. The molecule has 116 valence electrons. The molecule has 2 rings (SSSR count). The Morgan fingerprint density at radius 1 is 1.05 bits per heavy atom. The van der Waals surface area contributed by atoms with Gasteiger partial charge < -0.3 is 0 Å². The topological polar surface area (TPSA) is 21.1 Å². The molecule has 1 heterocycles. The normalized spacial score (nSPS) is 13.4. The molecule has 21 heavy (non-hydrogen) atoms. The van der Waals surface area contributed by atoms with E-state index in [-0.39, 0.29) is 11.0 Å². The van der Waals surface area contributed by atoms with Crippen LogP contribution in [-0.2, 0) is 12.4 Å². The number of nitrogens with zero attached hydrogens (tertiary/aromatic N) is 3. The molecule has 0 unspecified atom stereocenters. The largest absolute Gasteiger partial charge is 0.450 e. The van der Waals surface area contributed by atoms with Gasteiger partial charge >= 0.3 is 12.4 Å². The Morgan fingerprint density at radius 2 is 1.67 bits per heavy atom. The third kappa shape index (κ3) is 3.26. The van der Waals surface area contributed by atoms with E-state index in [2.05, 4.69) is 4.98 Å². The molecular weight excluding hydrogens is 320 g/mol. The highest BCUT2D eigenvalue weighted by atomic mass is 32.2. The number of halogens is 6. The van der Waals surface area contributed by atoms with Gasteiger partial charge in [0.2, 0.25) is 5.82 Å². The van der Waals surface area contributed by atoms with Gasteiger partial charge in [0.1, 0.15) is 0 Å². The van der Waals surface area contributed by atoms with Crippen molar-refractivity contribution < 1.29 is 26.3 Å². The van der Waals surface area contributed by atoms with Crippen LogP contribution < -0.4 is 0 Å². The Morgan fingerprint density at radius 3 is 2.14 bits per heavy atom. The van der Waals surface area contributed by atoms with E-state index in [0.717, 1.165) is 16.1 Å². The summed E-state index contributed by atoms with van der Waals surface area (Å²) in [5.74, 6) is -1.25. The second-order valence-corrected chi connectivity index (χ2v) is 5.58. The summed E-state index contributed by atoms with van der Waals surface area (Å²) in [6.07, 6.45) is -9.40. The maximum absolute atomic E-state index is 12.9. The molecule has 0 N–H and O–H groups in total. The summed E-state index contributed by atoms with van der Waals surface area (Å²) < 4.78 is 78.7. The molecule has 0 saturated heterocycles. The molecule has 0 aliphatic carbocycles. The number of rotatable bonds is 2. The number of hydrogen-bond donors (Lipinski definition) is 0. The fraction of sp³-hybridized carbons (Fsp3) is 0.364. The standard InChI is InChI=1S/C11H9F6N3S/c1-19(2)21-20-8-4-3-6(10(12,13)14)5-7(8)18-9(20)11(15,16)17/h3-5H,1-2H3. The van der Waals surface area contributed by atoms with Gasteiger partial charge in [-0.2, -0.15) is 26.3 Å². The van der Waals surface area contributed by atoms with E-state index < -0.39 is 23.7 Å². The molecule has 0 bridgehead atoms. The van der Waals surface area contributed by atoms with Crippen molar-refractivity contribution in [2.24, 2.45) is 0 Å².